The van der Waals surface area contributed by atoms with Crippen LogP contribution in [0, 0.1) is 0 Å². The van der Waals surface area contributed by atoms with E-state index in [2.05, 4.69) is 5.10 Å². The Balaban J connectivity index is 2.24. The second-order valence-electron chi connectivity index (χ2n) is 3.67. The Hall–Kier alpha value is -1.32. The van der Waals surface area contributed by atoms with E-state index in [4.69, 9.17) is 23.2 Å². The van der Waals surface area contributed by atoms with Crippen LogP contribution in [0.2, 0.25) is 10.0 Å². The van der Waals surface area contributed by atoms with Crippen molar-refractivity contribution in [2.45, 2.75) is 6.42 Å². The molecule has 88 valence electrons. The highest BCUT2D eigenvalue weighted by Gasteiger charge is 2.14. The first-order valence-corrected chi connectivity index (χ1v) is 5.79. The van der Waals surface area contributed by atoms with E-state index in [9.17, 15) is 4.79 Å². The fourth-order valence-electron chi connectivity index (χ4n) is 1.52. The summed E-state index contributed by atoms with van der Waals surface area (Å²) in [5, 5.41) is 5.05. The molecular weight excluding hydrogens is 259 g/mol. The SMILES string of the molecule is Cn1ccc(C(=O)Cc2c(Cl)cccc2Cl)n1. The second kappa shape index (κ2) is 4.90. The van der Waals surface area contributed by atoms with Gasteiger partial charge in [-0.2, -0.15) is 5.10 Å². The van der Waals surface area contributed by atoms with Crippen LogP contribution in [-0.4, -0.2) is 15.6 Å². The van der Waals surface area contributed by atoms with Crippen LogP contribution in [0.15, 0.2) is 30.5 Å². The van der Waals surface area contributed by atoms with Crippen molar-refractivity contribution in [2.75, 3.05) is 0 Å². The Morgan fingerprint density at radius 1 is 1.29 bits per heavy atom. The molecule has 5 heteroatoms. The molecule has 0 radical (unpaired) electrons. The molecule has 0 atom stereocenters. The zero-order valence-corrected chi connectivity index (χ0v) is 10.7. The molecule has 0 bridgehead atoms. The minimum absolute atomic E-state index is 0.0967. The molecule has 1 heterocycles. The normalized spacial score (nSPS) is 10.5. The number of aromatic nitrogens is 2. The first-order chi connectivity index (χ1) is 8.08. The van der Waals surface area contributed by atoms with Crippen LogP contribution in [0.25, 0.3) is 0 Å². The predicted molar refractivity (Wildman–Crippen MR) is 67.7 cm³/mol. The number of nitrogens with zero attached hydrogens (tertiary/aromatic N) is 2. The number of halogens is 2. The summed E-state index contributed by atoms with van der Waals surface area (Å²) in [7, 11) is 1.76. The number of ketones is 1. The van der Waals surface area contributed by atoms with Gasteiger partial charge in [-0.1, -0.05) is 29.3 Å². The van der Waals surface area contributed by atoms with Gasteiger partial charge in [0, 0.05) is 29.7 Å². The predicted octanol–water partition coefficient (Wildman–Crippen LogP) is 3.15. The van der Waals surface area contributed by atoms with Crippen LogP contribution in [0.5, 0.6) is 0 Å². The number of benzene rings is 1. The van der Waals surface area contributed by atoms with Crippen LogP contribution in [0.3, 0.4) is 0 Å². The van der Waals surface area contributed by atoms with Gasteiger partial charge in [-0.15, -0.1) is 0 Å². The second-order valence-corrected chi connectivity index (χ2v) is 4.49. The highest BCUT2D eigenvalue weighted by molar-refractivity contribution is 6.36. The Kier molecular flexibility index (Phi) is 3.50. The van der Waals surface area contributed by atoms with Crippen LogP contribution in [-0.2, 0) is 13.5 Å². The van der Waals surface area contributed by atoms with Crippen molar-refractivity contribution in [3.63, 3.8) is 0 Å². The van der Waals surface area contributed by atoms with Crippen molar-refractivity contribution < 1.29 is 4.79 Å². The highest BCUT2D eigenvalue weighted by atomic mass is 35.5. The van der Waals surface area contributed by atoms with Crippen LogP contribution in [0.4, 0.5) is 0 Å². The first-order valence-electron chi connectivity index (χ1n) is 5.03. The van der Waals surface area contributed by atoms with Crippen LogP contribution < -0.4 is 0 Å². The van der Waals surface area contributed by atoms with E-state index in [-0.39, 0.29) is 12.2 Å². The molecule has 0 fully saturated rings. The Bertz CT molecular complexity index is 543. The number of carbonyl (C=O) groups excluding carboxylic acids is 1. The molecule has 0 saturated carbocycles. The summed E-state index contributed by atoms with van der Waals surface area (Å²) in [6, 6.07) is 6.86. The standard InChI is InChI=1S/C12H10Cl2N2O/c1-16-6-5-11(15-16)12(17)7-8-9(13)3-2-4-10(8)14/h2-6H,7H2,1H3. The lowest BCUT2D eigenvalue weighted by molar-refractivity contribution is 0.0987. The number of rotatable bonds is 3. The van der Waals surface area contributed by atoms with Crippen molar-refractivity contribution in [3.8, 4) is 0 Å². The van der Waals surface area contributed by atoms with E-state index in [1.54, 1.807) is 42.2 Å². The van der Waals surface area contributed by atoms with Gasteiger partial charge >= 0.3 is 0 Å². The zero-order chi connectivity index (χ0) is 12.4. The maximum atomic E-state index is 11.9. The van der Waals surface area contributed by atoms with Gasteiger partial charge in [0.05, 0.1) is 0 Å². The molecule has 0 spiro atoms. The van der Waals surface area contributed by atoms with Crippen molar-refractivity contribution >= 4 is 29.0 Å². The molecule has 17 heavy (non-hydrogen) atoms. The minimum Gasteiger partial charge on any atom is -0.292 e. The topological polar surface area (TPSA) is 34.9 Å². The van der Waals surface area contributed by atoms with Gasteiger partial charge in [0.1, 0.15) is 5.69 Å². The molecule has 0 unspecified atom stereocenters. The van der Waals surface area contributed by atoms with Gasteiger partial charge in [-0.3, -0.25) is 9.48 Å². The summed E-state index contributed by atoms with van der Waals surface area (Å²) in [6.07, 6.45) is 1.89. The Morgan fingerprint density at radius 3 is 2.47 bits per heavy atom. The molecule has 0 N–H and O–H groups in total. The molecule has 0 saturated heterocycles. The molecule has 0 aliphatic carbocycles. The molecule has 2 aromatic rings. The van der Waals surface area contributed by atoms with E-state index in [0.29, 0.717) is 21.3 Å². The van der Waals surface area contributed by atoms with Gasteiger partial charge in [-0.25, -0.2) is 0 Å². The van der Waals surface area contributed by atoms with Gasteiger partial charge in [-0.05, 0) is 23.8 Å². The molecule has 1 aromatic heterocycles. The monoisotopic (exact) mass is 268 g/mol. The molecule has 1 aromatic carbocycles. The molecule has 0 aliphatic rings. The Labute approximate surface area is 109 Å². The van der Waals surface area contributed by atoms with Gasteiger partial charge < -0.3 is 0 Å². The van der Waals surface area contributed by atoms with Gasteiger partial charge in [0.2, 0.25) is 0 Å². The van der Waals surface area contributed by atoms with Gasteiger partial charge in [0.15, 0.2) is 5.78 Å². The van der Waals surface area contributed by atoms with E-state index < -0.39 is 0 Å². The summed E-state index contributed by atoms with van der Waals surface area (Å²) in [4.78, 5) is 11.9. The minimum atomic E-state index is -0.0967. The smallest absolute Gasteiger partial charge is 0.187 e. The van der Waals surface area contributed by atoms with Gasteiger partial charge in [0.25, 0.3) is 0 Å². The molecule has 2 rings (SSSR count). The third-order valence-corrected chi connectivity index (χ3v) is 3.11. The summed E-state index contributed by atoms with van der Waals surface area (Å²) < 4.78 is 1.58. The highest BCUT2D eigenvalue weighted by Crippen LogP contribution is 2.25. The van der Waals surface area contributed by atoms with E-state index in [1.807, 2.05) is 0 Å². The average molecular weight is 269 g/mol. The largest absolute Gasteiger partial charge is 0.292 e. The molecular formula is C12H10Cl2N2O. The summed E-state index contributed by atoms with van der Waals surface area (Å²) in [6.45, 7) is 0. The third kappa shape index (κ3) is 2.68. The third-order valence-electron chi connectivity index (χ3n) is 2.40. The van der Waals surface area contributed by atoms with Crippen molar-refractivity contribution in [1.29, 1.82) is 0 Å². The first kappa shape index (κ1) is 12.1. The number of hydrogen-bond donors (Lipinski definition) is 0. The lowest BCUT2D eigenvalue weighted by atomic mass is 10.1. The lowest BCUT2D eigenvalue weighted by Crippen LogP contribution is -2.06. The number of aryl methyl sites for hydroxylation is 1. The summed E-state index contributed by atoms with van der Waals surface area (Å²) in [5.41, 5.74) is 1.06. The van der Waals surface area contributed by atoms with Crippen LogP contribution in [0.1, 0.15) is 16.1 Å². The van der Waals surface area contributed by atoms with Crippen molar-refractivity contribution in [3.05, 3.63) is 51.8 Å². The van der Waals surface area contributed by atoms with E-state index in [1.165, 1.54) is 0 Å². The van der Waals surface area contributed by atoms with Crippen LogP contribution >= 0.6 is 23.2 Å². The molecule has 3 nitrogen and oxygen atoms in total. The quantitative estimate of drug-likeness (QED) is 0.802. The fourth-order valence-corrected chi connectivity index (χ4v) is 2.05. The molecule has 0 aliphatic heterocycles. The number of Topliss-reactive ketones (excluding diaryl/α,β-unsaturated/α-hetero) is 1. The summed E-state index contributed by atoms with van der Waals surface area (Å²) in [5.74, 6) is -0.0967. The van der Waals surface area contributed by atoms with E-state index in [0.717, 1.165) is 0 Å². The number of hydrogen-bond acceptors (Lipinski definition) is 2. The zero-order valence-electron chi connectivity index (χ0n) is 9.15. The Morgan fingerprint density at radius 2 is 1.94 bits per heavy atom. The van der Waals surface area contributed by atoms with Crippen molar-refractivity contribution in [1.82, 2.24) is 9.78 Å². The molecule has 0 amide bonds. The maximum absolute atomic E-state index is 11.9. The van der Waals surface area contributed by atoms with Crippen molar-refractivity contribution in [2.24, 2.45) is 7.05 Å². The summed E-state index contributed by atoms with van der Waals surface area (Å²) >= 11 is 12.0. The number of carbonyl (C=O) groups is 1. The lowest BCUT2D eigenvalue weighted by Gasteiger charge is -2.04. The van der Waals surface area contributed by atoms with E-state index >= 15 is 0 Å². The maximum Gasteiger partial charge on any atom is 0.187 e. The average Bonchev–Trinajstić information content (AvgIpc) is 2.70. The fraction of sp³-hybridized carbons (Fsp3) is 0.167.